The van der Waals surface area contributed by atoms with Gasteiger partial charge in [-0.05, 0) is 64.2 Å². The molecule has 2 aromatic carbocycles. The maximum atomic E-state index is 15.5. The molecule has 1 N–H and O–H groups in total. The smallest absolute Gasteiger partial charge is 0.251 e. The quantitative estimate of drug-likeness (QED) is 0.405. The molecule has 2 aliphatic rings. The van der Waals surface area contributed by atoms with Crippen LogP contribution < -0.4 is 19.7 Å². The van der Waals surface area contributed by atoms with E-state index >= 15 is 8.78 Å². The van der Waals surface area contributed by atoms with Crippen LogP contribution in [0.15, 0.2) is 48.5 Å². The fraction of sp³-hybridized carbons (Fsp3) is 0.387. The monoisotopic (exact) mass is 598 g/mol. The van der Waals surface area contributed by atoms with E-state index in [4.69, 9.17) is 26.1 Å². The number of ether oxygens (including phenoxy) is 2. The molecule has 0 bridgehead atoms. The van der Waals surface area contributed by atoms with Gasteiger partial charge in [0.2, 0.25) is 0 Å². The van der Waals surface area contributed by atoms with Crippen LogP contribution in [-0.2, 0) is 4.79 Å². The zero-order valence-corrected chi connectivity index (χ0v) is 24.6. The number of likely N-dealkylation sites (tertiary alicyclic amines) is 1. The maximum absolute atomic E-state index is 15.5. The summed E-state index contributed by atoms with van der Waals surface area (Å²) in [7, 11) is 4.91. The number of hydrogen-bond acceptors (Lipinski definition) is 6. The molecule has 222 valence electrons. The summed E-state index contributed by atoms with van der Waals surface area (Å²) in [5, 5.41) is 3.17. The van der Waals surface area contributed by atoms with Crippen molar-refractivity contribution >= 4 is 29.2 Å². The molecule has 8 nitrogen and oxygen atoms in total. The number of carbonyl (C=O) groups excluding carboxylic acids is 2. The summed E-state index contributed by atoms with van der Waals surface area (Å²) in [4.78, 5) is 35.9. The van der Waals surface area contributed by atoms with Crippen LogP contribution in [0.4, 0.5) is 14.6 Å². The molecule has 0 unspecified atom stereocenters. The third-order valence-corrected chi connectivity index (χ3v) is 8.48. The van der Waals surface area contributed by atoms with E-state index in [-0.39, 0.29) is 22.8 Å². The lowest BCUT2D eigenvalue weighted by molar-refractivity contribution is -0.118. The highest BCUT2D eigenvalue weighted by Crippen LogP contribution is 2.42. The second kappa shape index (κ2) is 12.2. The van der Waals surface area contributed by atoms with Crippen LogP contribution in [0.25, 0.3) is 0 Å². The zero-order chi connectivity index (χ0) is 30.1. The van der Waals surface area contributed by atoms with E-state index in [0.717, 1.165) is 43.8 Å². The van der Waals surface area contributed by atoms with E-state index in [1.54, 1.807) is 25.1 Å². The Bertz CT molecular complexity index is 1460. The van der Waals surface area contributed by atoms with Crippen LogP contribution >= 0.6 is 11.6 Å². The van der Waals surface area contributed by atoms with Crippen molar-refractivity contribution in [3.63, 3.8) is 0 Å². The van der Waals surface area contributed by atoms with Gasteiger partial charge in [0.05, 0.1) is 14.2 Å². The van der Waals surface area contributed by atoms with Crippen molar-refractivity contribution in [1.82, 2.24) is 15.2 Å². The molecule has 0 spiro atoms. The van der Waals surface area contributed by atoms with Crippen LogP contribution in [-0.4, -0.2) is 68.1 Å². The van der Waals surface area contributed by atoms with Crippen molar-refractivity contribution in [2.24, 2.45) is 0 Å². The van der Waals surface area contributed by atoms with Crippen molar-refractivity contribution in [1.29, 1.82) is 0 Å². The normalized spacial score (nSPS) is 21.5. The third-order valence-electron chi connectivity index (χ3n) is 8.23. The largest absolute Gasteiger partial charge is 0.497 e. The van der Waals surface area contributed by atoms with Gasteiger partial charge < -0.3 is 19.7 Å². The third kappa shape index (κ3) is 5.78. The number of carbonyl (C=O) groups is 2. The summed E-state index contributed by atoms with van der Waals surface area (Å²) >= 11 is 5.97. The molecule has 2 aliphatic heterocycles. The average Bonchev–Trinajstić information content (AvgIpc) is 3.21. The Morgan fingerprint density at radius 2 is 1.60 bits per heavy atom. The van der Waals surface area contributed by atoms with Gasteiger partial charge in [-0.3, -0.25) is 14.5 Å². The average molecular weight is 599 g/mol. The highest BCUT2D eigenvalue weighted by molar-refractivity contribution is 6.30. The Kier molecular flexibility index (Phi) is 8.65. The summed E-state index contributed by atoms with van der Waals surface area (Å²) in [6.45, 7) is 3.51. The zero-order valence-electron chi connectivity index (χ0n) is 23.9. The Morgan fingerprint density at radius 3 is 2.19 bits per heavy atom. The first-order valence-corrected chi connectivity index (χ1v) is 14.2. The van der Waals surface area contributed by atoms with E-state index in [2.05, 4.69) is 17.3 Å². The van der Waals surface area contributed by atoms with E-state index in [1.165, 1.54) is 31.3 Å². The molecule has 11 heteroatoms. The molecule has 42 heavy (non-hydrogen) atoms. The number of pyridine rings is 1. The summed E-state index contributed by atoms with van der Waals surface area (Å²) < 4.78 is 41.6. The van der Waals surface area contributed by atoms with Gasteiger partial charge in [-0.2, -0.15) is 0 Å². The van der Waals surface area contributed by atoms with E-state index in [1.807, 2.05) is 6.07 Å². The number of benzene rings is 2. The van der Waals surface area contributed by atoms with E-state index in [9.17, 15) is 9.59 Å². The van der Waals surface area contributed by atoms with Crippen LogP contribution in [0.1, 0.15) is 53.2 Å². The van der Waals surface area contributed by atoms with Crippen molar-refractivity contribution < 1.29 is 27.8 Å². The van der Waals surface area contributed by atoms with Crippen LogP contribution in [0.3, 0.4) is 0 Å². The topological polar surface area (TPSA) is 84.0 Å². The molecule has 0 radical (unpaired) electrons. The second-order valence-corrected chi connectivity index (χ2v) is 11.2. The van der Waals surface area contributed by atoms with Crippen molar-refractivity contribution in [2.75, 3.05) is 39.3 Å². The molecule has 0 aliphatic carbocycles. The van der Waals surface area contributed by atoms with Gasteiger partial charge in [-0.25, -0.2) is 13.8 Å². The molecule has 3 heterocycles. The number of anilines is 1. The van der Waals surface area contributed by atoms with Gasteiger partial charge in [0, 0.05) is 64.0 Å². The number of methoxy groups -OCH3 is 2. The molecule has 2 fully saturated rings. The molecular weight excluding hydrogens is 566 g/mol. The van der Waals surface area contributed by atoms with E-state index < -0.39 is 41.5 Å². The lowest BCUT2D eigenvalue weighted by atomic mass is 9.87. The summed E-state index contributed by atoms with van der Waals surface area (Å²) in [6.07, 6.45) is 1.79. The first-order valence-electron chi connectivity index (χ1n) is 13.8. The molecule has 3 atom stereocenters. The molecule has 3 aromatic rings. The van der Waals surface area contributed by atoms with Gasteiger partial charge in [-0.1, -0.05) is 11.6 Å². The van der Waals surface area contributed by atoms with Gasteiger partial charge in [0.15, 0.2) is 0 Å². The number of rotatable bonds is 7. The molecule has 5 rings (SSSR count). The fourth-order valence-electron chi connectivity index (χ4n) is 5.91. The van der Waals surface area contributed by atoms with E-state index in [0.29, 0.717) is 16.6 Å². The molecule has 1 aromatic heterocycles. The number of halogens is 3. The summed E-state index contributed by atoms with van der Waals surface area (Å²) in [5.74, 6) is -2.99. The Balaban J connectivity index is 1.57. The van der Waals surface area contributed by atoms with Gasteiger partial charge in [0.25, 0.3) is 11.8 Å². The van der Waals surface area contributed by atoms with Crippen molar-refractivity contribution in [3.05, 3.63) is 82.0 Å². The first-order chi connectivity index (χ1) is 20.1. The van der Waals surface area contributed by atoms with Gasteiger partial charge in [-0.15, -0.1) is 0 Å². The Morgan fingerprint density at radius 1 is 1.00 bits per heavy atom. The van der Waals surface area contributed by atoms with Gasteiger partial charge in [0.1, 0.15) is 35.0 Å². The predicted molar refractivity (Wildman–Crippen MR) is 156 cm³/mol. The number of aromatic nitrogens is 1. The second-order valence-electron chi connectivity index (χ2n) is 10.8. The number of hydrogen-bond donors (Lipinski definition) is 1. The molecule has 2 saturated heterocycles. The SMILES string of the molecule is COc1cc(C2CCN(C)CC2)nc(N2C(=O)[C@@H](NC(=O)c3ccc(Cl)cc3)[C@H](c3c(F)cc(OC)cc3F)[C@H]2C)c1. The minimum Gasteiger partial charge on any atom is -0.497 e. The molecular formula is C31H33ClF2N4O4. The standard InChI is InChI=1S/C31H33ClF2N4O4/c1-17-27(28-23(33)13-21(41-3)14-24(28)34)29(36-30(39)19-5-7-20(32)8-6-19)31(40)38(17)26-16-22(42-4)15-25(35-26)18-9-11-37(2)12-10-18/h5-8,13-18,27,29H,9-12H2,1-4H3,(H,36,39)/t17-,27+,29+/m1/s1. The number of nitrogens with zero attached hydrogens (tertiary/aromatic N) is 3. The maximum Gasteiger partial charge on any atom is 0.251 e. The van der Waals surface area contributed by atoms with Crippen molar-refractivity contribution in [2.45, 2.75) is 43.7 Å². The molecule has 2 amide bonds. The first kappa shape index (κ1) is 29.7. The van der Waals surface area contributed by atoms with Crippen LogP contribution in [0.2, 0.25) is 5.02 Å². The number of amides is 2. The summed E-state index contributed by atoms with van der Waals surface area (Å²) in [6, 6.07) is 9.68. The Labute approximate surface area is 248 Å². The lowest BCUT2D eigenvalue weighted by Crippen LogP contribution is -2.44. The van der Waals surface area contributed by atoms with Crippen LogP contribution in [0, 0.1) is 11.6 Å². The predicted octanol–water partition coefficient (Wildman–Crippen LogP) is 5.16. The van der Waals surface area contributed by atoms with Crippen LogP contribution in [0.5, 0.6) is 11.5 Å². The summed E-state index contributed by atoms with van der Waals surface area (Å²) in [5.41, 5.74) is 0.709. The minimum atomic E-state index is -1.29. The van der Waals surface area contributed by atoms with Crippen molar-refractivity contribution in [3.8, 4) is 11.5 Å². The number of piperidine rings is 1. The molecule has 0 saturated carbocycles. The number of nitrogens with one attached hydrogen (secondary N) is 1. The fourth-order valence-corrected chi connectivity index (χ4v) is 6.04. The highest BCUT2D eigenvalue weighted by Gasteiger charge is 2.50. The van der Waals surface area contributed by atoms with Gasteiger partial charge >= 0.3 is 0 Å². The minimum absolute atomic E-state index is 0.00145. The highest BCUT2D eigenvalue weighted by atomic mass is 35.5. The lowest BCUT2D eigenvalue weighted by Gasteiger charge is -2.30. The Hall–Kier alpha value is -3.76.